The van der Waals surface area contributed by atoms with Crippen LogP contribution in [0.2, 0.25) is 0 Å². The van der Waals surface area contributed by atoms with E-state index in [2.05, 4.69) is 0 Å². The van der Waals surface area contributed by atoms with E-state index in [9.17, 15) is 22.4 Å². The van der Waals surface area contributed by atoms with E-state index in [0.29, 0.717) is 12.2 Å². The number of benzene rings is 2. The standard InChI is InChI=1S/C18H18FNO5S/c1-3-20(14-10-8-13(19)9-11-14)17(21)12-25-18(22)15-6-4-5-7-16(15)26(2,23)24/h4-11H,3,12H2,1-2H3. The highest BCUT2D eigenvalue weighted by Gasteiger charge is 2.21. The zero-order valence-electron chi connectivity index (χ0n) is 14.3. The minimum Gasteiger partial charge on any atom is -0.452 e. The fourth-order valence-electron chi connectivity index (χ4n) is 2.37. The number of carbonyl (C=O) groups is 2. The Morgan fingerprint density at radius 3 is 2.27 bits per heavy atom. The Morgan fingerprint density at radius 1 is 1.08 bits per heavy atom. The van der Waals surface area contributed by atoms with Crippen molar-refractivity contribution in [2.45, 2.75) is 11.8 Å². The van der Waals surface area contributed by atoms with E-state index < -0.39 is 34.1 Å². The average Bonchev–Trinajstić information content (AvgIpc) is 2.61. The normalized spacial score (nSPS) is 11.0. The third-order valence-corrected chi connectivity index (χ3v) is 4.74. The molecule has 0 aromatic heterocycles. The lowest BCUT2D eigenvalue weighted by Crippen LogP contribution is -2.34. The Kier molecular flexibility index (Phi) is 6.10. The largest absolute Gasteiger partial charge is 0.452 e. The number of amides is 1. The molecule has 0 saturated heterocycles. The molecule has 0 atom stereocenters. The van der Waals surface area contributed by atoms with E-state index in [4.69, 9.17) is 4.74 Å². The number of ether oxygens (including phenoxy) is 1. The quantitative estimate of drug-likeness (QED) is 0.720. The summed E-state index contributed by atoms with van der Waals surface area (Å²) >= 11 is 0. The number of esters is 1. The molecule has 0 spiro atoms. The SMILES string of the molecule is CCN(C(=O)COC(=O)c1ccccc1S(C)(=O)=O)c1ccc(F)cc1. The van der Waals surface area contributed by atoms with Gasteiger partial charge in [0.25, 0.3) is 5.91 Å². The van der Waals surface area contributed by atoms with Crippen molar-refractivity contribution in [3.8, 4) is 0 Å². The zero-order chi connectivity index (χ0) is 19.3. The van der Waals surface area contributed by atoms with Gasteiger partial charge in [-0.25, -0.2) is 17.6 Å². The predicted octanol–water partition coefficient (Wildman–Crippen LogP) is 2.44. The van der Waals surface area contributed by atoms with Crippen LogP contribution in [-0.2, 0) is 19.4 Å². The monoisotopic (exact) mass is 379 g/mol. The molecule has 0 fully saturated rings. The van der Waals surface area contributed by atoms with Gasteiger partial charge in [-0.3, -0.25) is 4.79 Å². The van der Waals surface area contributed by atoms with Gasteiger partial charge in [-0.05, 0) is 43.3 Å². The zero-order valence-corrected chi connectivity index (χ0v) is 15.1. The van der Waals surface area contributed by atoms with Gasteiger partial charge in [-0.1, -0.05) is 12.1 Å². The van der Waals surface area contributed by atoms with Crippen LogP contribution in [0.4, 0.5) is 10.1 Å². The van der Waals surface area contributed by atoms with E-state index >= 15 is 0 Å². The smallest absolute Gasteiger partial charge is 0.339 e. The number of nitrogens with zero attached hydrogens (tertiary/aromatic N) is 1. The lowest BCUT2D eigenvalue weighted by molar-refractivity contribution is -0.121. The first-order chi connectivity index (χ1) is 12.2. The number of sulfone groups is 1. The summed E-state index contributed by atoms with van der Waals surface area (Å²) in [5.41, 5.74) is 0.333. The van der Waals surface area contributed by atoms with Crippen LogP contribution in [0, 0.1) is 5.82 Å². The van der Waals surface area contributed by atoms with Crippen molar-refractivity contribution in [1.82, 2.24) is 0 Å². The van der Waals surface area contributed by atoms with Crippen LogP contribution in [0.5, 0.6) is 0 Å². The summed E-state index contributed by atoms with van der Waals surface area (Å²) in [6.45, 7) is 1.45. The van der Waals surface area contributed by atoms with Crippen molar-refractivity contribution in [2.75, 3.05) is 24.3 Å². The van der Waals surface area contributed by atoms with Gasteiger partial charge in [0.1, 0.15) is 5.82 Å². The van der Waals surface area contributed by atoms with Gasteiger partial charge in [0.05, 0.1) is 10.5 Å². The Hall–Kier alpha value is -2.74. The summed E-state index contributed by atoms with van der Waals surface area (Å²) in [6, 6.07) is 10.9. The second kappa shape index (κ2) is 8.09. The van der Waals surface area contributed by atoms with Crippen molar-refractivity contribution in [2.24, 2.45) is 0 Å². The minimum absolute atomic E-state index is 0.132. The molecule has 0 unspecified atom stereocenters. The summed E-state index contributed by atoms with van der Waals surface area (Å²) in [6.07, 6.45) is 0.984. The van der Waals surface area contributed by atoms with Crippen LogP contribution >= 0.6 is 0 Å². The van der Waals surface area contributed by atoms with Gasteiger partial charge in [0.2, 0.25) is 0 Å². The molecule has 8 heteroatoms. The van der Waals surface area contributed by atoms with Crippen molar-refractivity contribution >= 4 is 27.4 Å². The van der Waals surface area contributed by atoms with Crippen LogP contribution in [0.1, 0.15) is 17.3 Å². The van der Waals surface area contributed by atoms with E-state index in [-0.39, 0.29) is 10.5 Å². The van der Waals surface area contributed by atoms with Gasteiger partial charge in [0.15, 0.2) is 16.4 Å². The van der Waals surface area contributed by atoms with Crippen LogP contribution in [-0.4, -0.2) is 39.7 Å². The molecule has 0 heterocycles. The number of likely N-dealkylation sites (N-methyl/N-ethyl adjacent to an activating group) is 1. The first kappa shape index (κ1) is 19.6. The summed E-state index contributed by atoms with van der Waals surface area (Å²) in [5.74, 6) is -1.85. The van der Waals surface area contributed by atoms with E-state index in [1.54, 1.807) is 6.92 Å². The first-order valence-corrected chi connectivity index (χ1v) is 9.65. The van der Waals surface area contributed by atoms with E-state index in [0.717, 1.165) is 6.26 Å². The van der Waals surface area contributed by atoms with Crippen LogP contribution in [0.25, 0.3) is 0 Å². The highest BCUT2D eigenvalue weighted by atomic mass is 32.2. The average molecular weight is 379 g/mol. The third-order valence-electron chi connectivity index (χ3n) is 3.59. The Labute approximate surface area is 151 Å². The third kappa shape index (κ3) is 4.66. The molecule has 0 radical (unpaired) electrons. The first-order valence-electron chi connectivity index (χ1n) is 7.76. The van der Waals surface area contributed by atoms with Crippen molar-refractivity contribution in [3.63, 3.8) is 0 Å². The Bertz CT molecular complexity index is 909. The van der Waals surface area contributed by atoms with E-state index in [1.165, 1.54) is 53.4 Å². The molecule has 26 heavy (non-hydrogen) atoms. The topological polar surface area (TPSA) is 80.8 Å². The van der Waals surface area contributed by atoms with Crippen molar-refractivity contribution in [1.29, 1.82) is 0 Å². The van der Waals surface area contributed by atoms with Gasteiger partial charge < -0.3 is 9.64 Å². The number of rotatable bonds is 6. The number of halogens is 1. The second-order valence-electron chi connectivity index (χ2n) is 5.46. The molecule has 2 aromatic rings. The number of hydrogen-bond donors (Lipinski definition) is 0. The molecule has 0 N–H and O–H groups in total. The number of carbonyl (C=O) groups excluding carboxylic acids is 2. The molecule has 0 aliphatic heterocycles. The molecule has 1 amide bonds. The van der Waals surface area contributed by atoms with Gasteiger partial charge in [-0.2, -0.15) is 0 Å². The highest BCUT2D eigenvalue weighted by molar-refractivity contribution is 7.90. The Morgan fingerprint density at radius 2 is 1.69 bits per heavy atom. The van der Waals surface area contributed by atoms with Crippen LogP contribution in [0.15, 0.2) is 53.4 Å². The molecule has 2 aromatic carbocycles. The fourth-order valence-corrected chi connectivity index (χ4v) is 3.24. The molecule has 0 bridgehead atoms. The molecule has 2 rings (SSSR count). The van der Waals surface area contributed by atoms with Crippen molar-refractivity contribution in [3.05, 3.63) is 59.9 Å². The summed E-state index contributed by atoms with van der Waals surface area (Å²) < 4.78 is 41.5. The van der Waals surface area contributed by atoms with Crippen LogP contribution < -0.4 is 4.90 Å². The van der Waals surface area contributed by atoms with Gasteiger partial charge >= 0.3 is 5.97 Å². The molecular formula is C18H18FNO5S. The van der Waals surface area contributed by atoms with Crippen LogP contribution in [0.3, 0.4) is 0 Å². The molecule has 0 aliphatic carbocycles. The highest BCUT2D eigenvalue weighted by Crippen LogP contribution is 2.17. The Balaban J connectivity index is 2.12. The molecule has 6 nitrogen and oxygen atoms in total. The minimum atomic E-state index is -3.62. The lowest BCUT2D eigenvalue weighted by atomic mass is 10.2. The lowest BCUT2D eigenvalue weighted by Gasteiger charge is -2.21. The van der Waals surface area contributed by atoms with Gasteiger partial charge in [0, 0.05) is 18.5 Å². The second-order valence-corrected chi connectivity index (χ2v) is 7.44. The maximum Gasteiger partial charge on any atom is 0.339 e. The van der Waals surface area contributed by atoms with Gasteiger partial charge in [-0.15, -0.1) is 0 Å². The summed E-state index contributed by atoms with van der Waals surface area (Å²) in [7, 11) is -3.62. The van der Waals surface area contributed by atoms with E-state index in [1.807, 2.05) is 0 Å². The number of anilines is 1. The maximum absolute atomic E-state index is 13.0. The molecule has 138 valence electrons. The fraction of sp³-hybridized carbons (Fsp3) is 0.222. The molecular weight excluding hydrogens is 361 g/mol. The van der Waals surface area contributed by atoms with Crippen molar-refractivity contribution < 1.29 is 27.1 Å². The maximum atomic E-state index is 13.0. The molecule has 0 aliphatic rings. The summed E-state index contributed by atoms with van der Waals surface area (Å²) in [4.78, 5) is 25.7. The summed E-state index contributed by atoms with van der Waals surface area (Å²) in [5, 5.41) is 0. The number of hydrogen-bond acceptors (Lipinski definition) is 5. The predicted molar refractivity (Wildman–Crippen MR) is 94.3 cm³/mol. The molecule has 0 saturated carbocycles.